The van der Waals surface area contributed by atoms with Gasteiger partial charge in [-0.15, -0.1) is 0 Å². The summed E-state index contributed by atoms with van der Waals surface area (Å²) in [6.07, 6.45) is 0. The smallest absolute Gasteiger partial charge is 0.229 e. The van der Waals surface area contributed by atoms with E-state index in [1.807, 2.05) is 39.0 Å². The molecule has 1 aromatic heterocycles. The van der Waals surface area contributed by atoms with Crippen LogP contribution < -0.4 is 10.6 Å². The van der Waals surface area contributed by atoms with Crippen molar-refractivity contribution in [2.75, 3.05) is 31.8 Å². The molecule has 0 aliphatic heterocycles. The zero-order chi connectivity index (χ0) is 16.3. The van der Waals surface area contributed by atoms with Gasteiger partial charge in [0.25, 0.3) is 0 Å². The highest BCUT2D eigenvalue weighted by Gasteiger charge is 2.18. The van der Waals surface area contributed by atoms with Gasteiger partial charge < -0.3 is 10.6 Å². The second-order valence-corrected chi connectivity index (χ2v) is 5.43. The average molecular weight is 304 g/mol. The highest BCUT2D eigenvalue weighted by atomic mass is 19.1. The molecule has 0 amide bonds. The molecule has 0 radical (unpaired) electrons. The van der Waals surface area contributed by atoms with Crippen LogP contribution in [0, 0.1) is 5.82 Å². The molecular formula is C15H21FN6. The van der Waals surface area contributed by atoms with Crippen LogP contribution in [0.5, 0.6) is 0 Å². The summed E-state index contributed by atoms with van der Waals surface area (Å²) in [5.74, 6) is 1.04. The van der Waals surface area contributed by atoms with Crippen LogP contribution in [0.2, 0.25) is 0 Å². The molecule has 1 heterocycles. The first-order valence-electron chi connectivity index (χ1n) is 7.01. The van der Waals surface area contributed by atoms with Crippen molar-refractivity contribution >= 4 is 11.9 Å². The molecular weight excluding hydrogens is 283 g/mol. The molecule has 2 aromatic rings. The molecule has 1 aromatic carbocycles. The Balaban J connectivity index is 2.20. The number of hydrogen-bond donors (Lipinski definition) is 1. The largest absolute Gasteiger partial charge is 0.368 e. The highest BCUT2D eigenvalue weighted by Crippen LogP contribution is 2.20. The third-order valence-corrected chi connectivity index (χ3v) is 3.47. The van der Waals surface area contributed by atoms with Crippen LogP contribution >= 0.6 is 0 Å². The van der Waals surface area contributed by atoms with E-state index in [0.717, 1.165) is 0 Å². The van der Waals surface area contributed by atoms with E-state index in [1.54, 1.807) is 17.0 Å². The first-order valence-corrected chi connectivity index (χ1v) is 7.01. The Morgan fingerprint density at radius 3 is 2.45 bits per heavy atom. The zero-order valence-electron chi connectivity index (χ0n) is 13.3. The van der Waals surface area contributed by atoms with Crippen molar-refractivity contribution < 1.29 is 4.39 Å². The first-order chi connectivity index (χ1) is 10.4. The third kappa shape index (κ3) is 3.67. The van der Waals surface area contributed by atoms with E-state index < -0.39 is 0 Å². The number of benzene rings is 1. The van der Waals surface area contributed by atoms with E-state index in [2.05, 4.69) is 15.0 Å². The number of aromatic nitrogens is 3. The molecule has 0 spiro atoms. The number of nitrogens with zero attached hydrogens (tertiary/aromatic N) is 5. The van der Waals surface area contributed by atoms with Gasteiger partial charge in [-0.3, -0.25) is 4.90 Å². The summed E-state index contributed by atoms with van der Waals surface area (Å²) < 4.78 is 13.8. The number of rotatable bonds is 5. The standard InChI is InChI=1S/C15H21FN6/c1-10(13-18-14(17)20-15(19-13)21(2)3)22(4)9-11-7-5-6-8-12(11)16/h5-8,10H,9H2,1-4H3,(H2,17,18,19,20). The predicted octanol–water partition coefficient (Wildman–Crippen LogP) is 1.85. The lowest BCUT2D eigenvalue weighted by atomic mass is 10.1. The van der Waals surface area contributed by atoms with Crippen molar-refractivity contribution in [1.29, 1.82) is 0 Å². The maximum Gasteiger partial charge on any atom is 0.229 e. The molecule has 0 aliphatic carbocycles. The van der Waals surface area contributed by atoms with Crippen LogP contribution in [0.15, 0.2) is 24.3 Å². The topological polar surface area (TPSA) is 71.2 Å². The van der Waals surface area contributed by atoms with Crippen molar-refractivity contribution in [2.24, 2.45) is 0 Å². The van der Waals surface area contributed by atoms with Crippen molar-refractivity contribution in [2.45, 2.75) is 19.5 Å². The van der Waals surface area contributed by atoms with Gasteiger partial charge in [0.05, 0.1) is 6.04 Å². The zero-order valence-corrected chi connectivity index (χ0v) is 13.3. The molecule has 1 unspecified atom stereocenters. The average Bonchev–Trinajstić information content (AvgIpc) is 2.48. The first kappa shape index (κ1) is 16.1. The summed E-state index contributed by atoms with van der Waals surface area (Å²) in [6, 6.07) is 6.61. The van der Waals surface area contributed by atoms with E-state index in [9.17, 15) is 4.39 Å². The quantitative estimate of drug-likeness (QED) is 0.909. The molecule has 0 bridgehead atoms. The number of hydrogen-bond acceptors (Lipinski definition) is 6. The van der Waals surface area contributed by atoms with Gasteiger partial charge >= 0.3 is 0 Å². The third-order valence-electron chi connectivity index (χ3n) is 3.47. The molecule has 22 heavy (non-hydrogen) atoms. The number of nitrogen functional groups attached to an aromatic ring is 1. The SMILES string of the molecule is CC(c1nc(N)nc(N(C)C)n1)N(C)Cc1ccccc1F. The molecule has 1 atom stereocenters. The summed E-state index contributed by atoms with van der Waals surface area (Å²) in [7, 11) is 5.57. The fourth-order valence-corrected chi connectivity index (χ4v) is 2.01. The molecule has 6 nitrogen and oxygen atoms in total. The molecule has 0 saturated heterocycles. The molecule has 0 saturated carbocycles. The molecule has 0 fully saturated rings. The maximum absolute atomic E-state index is 13.8. The van der Waals surface area contributed by atoms with Crippen LogP contribution in [0.3, 0.4) is 0 Å². The van der Waals surface area contributed by atoms with Crippen LogP contribution in [0.4, 0.5) is 16.3 Å². The summed E-state index contributed by atoms with van der Waals surface area (Å²) in [4.78, 5) is 16.4. The van der Waals surface area contributed by atoms with Crippen LogP contribution in [-0.2, 0) is 6.54 Å². The maximum atomic E-state index is 13.8. The fourth-order valence-electron chi connectivity index (χ4n) is 2.01. The molecule has 7 heteroatoms. The minimum Gasteiger partial charge on any atom is -0.368 e. The van der Waals surface area contributed by atoms with Gasteiger partial charge in [-0.05, 0) is 20.0 Å². The van der Waals surface area contributed by atoms with E-state index in [-0.39, 0.29) is 17.8 Å². The summed E-state index contributed by atoms with van der Waals surface area (Å²) in [5.41, 5.74) is 6.38. The number of halogens is 1. The Morgan fingerprint density at radius 1 is 1.14 bits per heavy atom. The normalized spacial score (nSPS) is 12.5. The van der Waals surface area contributed by atoms with Crippen LogP contribution in [0.1, 0.15) is 24.4 Å². The van der Waals surface area contributed by atoms with E-state index in [1.165, 1.54) is 6.07 Å². The molecule has 118 valence electrons. The second kappa shape index (κ2) is 6.65. The monoisotopic (exact) mass is 304 g/mol. The van der Waals surface area contributed by atoms with Gasteiger partial charge in [-0.1, -0.05) is 18.2 Å². The lowest BCUT2D eigenvalue weighted by Crippen LogP contribution is -2.26. The van der Waals surface area contributed by atoms with Crippen molar-refractivity contribution in [3.8, 4) is 0 Å². The lowest BCUT2D eigenvalue weighted by Gasteiger charge is -2.24. The van der Waals surface area contributed by atoms with E-state index >= 15 is 0 Å². The Labute approximate surface area is 129 Å². The summed E-state index contributed by atoms with van der Waals surface area (Å²) >= 11 is 0. The van der Waals surface area contributed by atoms with Crippen LogP contribution in [0.25, 0.3) is 0 Å². The van der Waals surface area contributed by atoms with Gasteiger partial charge in [0.15, 0.2) is 5.82 Å². The Morgan fingerprint density at radius 2 is 1.82 bits per heavy atom. The summed E-state index contributed by atoms with van der Waals surface area (Å²) in [5, 5.41) is 0. The Bertz CT molecular complexity index is 646. The number of anilines is 2. The van der Waals surface area contributed by atoms with Gasteiger partial charge in [0.2, 0.25) is 11.9 Å². The molecule has 2 rings (SSSR count). The van der Waals surface area contributed by atoms with E-state index in [0.29, 0.717) is 23.9 Å². The van der Waals surface area contributed by atoms with E-state index in [4.69, 9.17) is 5.73 Å². The number of nitrogens with two attached hydrogens (primary N) is 1. The lowest BCUT2D eigenvalue weighted by molar-refractivity contribution is 0.240. The van der Waals surface area contributed by atoms with Gasteiger partial charge in [0.1, 0.15) is 5.82 Å². The minimum atomic E-state index is -0.217. The van der Waals surface area contributed by atoms with Gasteiger partial charge in [-0.2, -0.15) is 15.0 Å². The minimum absolute atomic E-state index is 0.122. The highest BCUT2D eigenvalue weighted by molar-refractivity contribution is 5.33. The van der Waals surface area contributed by atoms with Crippen molar-refractivity contribution in [3.63, 3.8) is 0 Å². The fraction of sp³-hybridized carbons (Fsp3) is 0.400. The van der Waals surface area contributed by atoms with Crippen molar-refractivity contribution in [3.05, 3.63) is 41.5 Å². The molecule has 2 N–H and O–H groups in total. The second-order valence-electron chi connectivity index (χ2n) is 5.43. The molecule has 0 aliphatic rings. The Kier molecular flexibility index (Phi) is 4.87. The van der Waals surface area contributed by atoms with Crippen molar-refractivity contribution in [1.82, 2.24) is 19.9 Å². The van der Waals surface area contributed by atoms with Crippen LogP contribution in [-0.4, -0.2) is 41.0 Å². The predicted molar refractivity (Wildman–Crippen MR) is 84.8 cm³/mol. The van der Waals surface area contributed by atoms with Gasteiger partial charge in [0, 0.05) is 26.2 Å². The Hall–Kier alpha value is -2.28. The summed E-state index contributed by atoms with van der Waals surface area (Å²) in [6.45, 7) is 2.41. The van der Waals surface area contributed by atoms with Gasteiger partial charge in [-0.25, -0.2) is 4.39 Å².